The number of methoxy groups -OCH3 is 1. The summed E-state index contributed by atoms with van der Waals surface area (Å²) in [4.78, 5) is 59.0. The highest BCUT2D eigenvalue weighted by molar-refractivity contribution is 6.08. The van der Waals surface area contributed by atoms with Gasteiger partial charge in [0.15, 0.2) is 12.3 Å². The van der Waals surface area contributed by atoms with Crippen LogP contribution in [0.15, 0.2) is 47.1 Å². The van der Waals surface area contributed by atoms with Crippen LogP contribution in [0.5, 0.6) is 5.75 Å². The lowest BCUT2D eigenvalue weighted by Gasteiger charge is -2.29. The number of furan rings is 1. The highest BCUT2D eigenvalue weighted by atomic mass is 16.7. The lowest BCUT2D eigenvalue weighted by molar-refractivity contribution is -0.135. The minimum Gasteiger partial charge on any atom is -0.497 e. The van der Waals surface area contributed by atoms with Gasteiger partial charge in [-0.1, -0.05) is 6.07 Å². The Balaban J connectivity index is 1.27. The number of fused-ring (bicyclic) bond motifs is 2. The van der Waals surface area contributed by atoms with Gasteiger partial charge in [0.05, 0.1) is 26.9 Å². The number of ether oxygens (including phenoxy) is 4. The Morgan fingerprint density at radius 3 is 2.77 bits per heavy atom. The quantitative estimate of drug-likeness (QED) is 0.343. The number of imide groups is 1. The van der Waals surface area contributed by atoms with Crippen LogP contribution in [0, 0.1) is 0 Å². The Labute approximate surface area is 227 Å². The first-order chi connectivity index (χ1) is 19.4. The summed E-state index contributed by atoms with van der Waals surface area (Å²) in [6, 6.07) is 7.58. The van der Waals surface area contributed by atoms with Crippen molar-refractivity contribution in [2.24, 2.45) is 0 Å². The predicted octanol–water partition coefficient (Wildman–Crippen LogP) is 2.53. The van der Waals surface area contributed by atoms with Crippen molar-refractivity contribution in [2.75, 3.05) is 33.6 Å². The molecule has 2 fully saturated rings. The zero-order valence-electron chi connectivity index (χ0n) is 21.6. The second-order valence-corrected chi connectivity index (χ2v) is 9.73. The van der Waals surface area contributed by atoms with E-state index in [1.54, 1.807) is 36.5 Å². The first-order valence-corrected chi connectivity index (χ1v) is 12.7. The van der Waals surface area contributed by atoms with Gasteiger partial charge in [0.2, 0.25) is 0 Å². The Morgan fingerprint density at radius 2 is 2.00 bits per heavy atom. The summed E-state index contributed by atoms with van der Waals surface area (Å²) in [5, 5.41) is 3.31. The van der Waals surface area contributed by atoms with Crippen LogP contribution in [0.3, 0.4) is 0 Å². The number of nitrogens with zero attached hydrogens (tertiary/aromatic N) is 3. The fraction of sp³-hybridized carbons (Fsp3) is 0.370. The van der Waals surface area contributed by atoms with Crippen LogP contribution in [0.4, 0.5) is 9.59 Å². The van der Waals surface area contributed by atoms with E-state index in [9.17, 15) is 19.2 Å². The first-order valence-electron chi connectivity index (χ1n) is 12.7. The van der Waals surface area contributed by atoms with E-state index in [1.165, 1.54) is 18.2 Å². The zero-order chi connectivity index (χ0) is 27.9. The van der Waals surface area contributed by atoms with E-state index >= 15 is 0 Å². The summed E-state index contributed by atoms with van der Waals surface area (Å²) in [5.74, 6) is -0.440. The highest BCUT2D eigenvalue weighted by Gasteiger charge is 2.57. The Kier molecular flexibility index (Phi) is 6.50. The van der Waals surface area contributed by atoms with Crippen LogP contribution in [0.2, 0.25) is 0 Å². The molecule has 1 N–H and O–H groups in total. The summed E-state index contributed by atoms with van der Waals surface area (Å²) in [5.41, 5.74) is -0.146. The van der Waals surface area contributed by atoms with Gasteiger partial charge >= 0.3 is 12.2 Å². The molecule has 40 heavy (non-hydrogen) atoms. The molecule has 6 rings (SSSR count). The monoisotopic (exact) mass is 550 g/mol. The number of carbonyl (C=O) groups excluding carboxylic acids is 4. The molecule has 3 aliphatic rings. The smallest absolute Gasteiger partial charge is 0.497 e. The minimum absolute atomic E-state index is 0.113. The predicted molar refractivity (Wildman–Crippen MR) is 135 cm³/mol. The maximum atomic E-state index is 13.9. The number of hydrogen-bond acceptors (Lipinski definition) is 10. The van der Waals surface area contributed by atoms with Gasteiger partial charge in [0.1, 0.15) is 23.2 Å². The molecule has 1 atom stereocenters. The molecule has 3 aliphatic heterocycles. The van der Waals surface area contributed by atoms with Crippen LogP contribution >= 0.6 is 0 Å². The summed E-state index contributed by atoms with van der Waals surface area (Å²) >= 11 is 0. The molecule has 0 spiro atoms. The van der Waals surface area contributed by atoms with Crippen molar-refractivity contribution in [3.63, 3.8) is 0 Å². The third kappa shape index (κ3) is 4.47. The number of carbonyl (C=O) groups is 4. The molecule has 0 saturated carbocycles. The van der Waals surface area contributed by atoms with E-state index in [-0.39, 0.29) is 30.9 Å². The lowest BCUT2D eigenvalue weighted by atomic mass is 9.95. The Hall–Kier alpha value is -4.65. The molecule has 0 radical (unpaired) electrons. The molecule has 1 aromatic carbocycles. The van der Waals surface area contributed by atoms with Crippen LogP contribution in [-0.2, 0) is 31.1 Å². The molecule has 4 amide bonds. The molecule has 3 aromatic rings. The van der Waals surface area contributed by atoms with E-state index < -0.39 is 30.4 Å². The number of pyridine rings is 1. The zero-order valence-corrected chi connectivity index (χ0v) is 21.6. The fourth-order valence-electron chi connectivity index (χ4n) is 5.15. The molecular formula is C27H26N4O9. The lowest BCUT2D eigenvalue weighted by Crippen LogP contribution is -2.52. The molecule has 0 bridgehead atoms. The third-order valence-corrected chi connectivity index (χ3v) is 7.28. The third-order valence-electron chi connectivity index (χ3n) is 7.28. The van der Waals surface area contributed by atoms with Gasteiger partial charge in [0, 0.05) is 42.7 Å². The van der Waals surface area contributed by atoms with Crippen molar-refractivity contribution < 1.29 is 42.5 Å². The summed E-state index contributed by atoms with van der Waals surface area (Å²) in [6.45, 7) is 0.225. The number of nitrogens with one attached hydrogen (secondary N) is 1. The van der Waals surface area contributed by atoms with Crippen LogP contribution in [-0.4, -0.2) is 78.5 Å². The Morgan fingerprint density at radius 1 is 1.18 bits per heavy atom. The number of benzene rings is 1. The van der Waals surface area contributed by atoms with Crippen LogP contribution in [0.25, 0.3) is 11.0 Å². The SMILES string of the molecule is COc1ccc2c(c1)C(=O)N(C[C@@]1(c3cc4cnccc4o3)NC(=O)N(COC(=O)OC3CCOCC3)C1=O)C2. The minimum atomic E-state index is -1.79. The van der Waals surface area contributed by atoms with Crippen molar-refractivity contribution in [3.05, 3.63) is 59.6 Å². The second kappa shape index (κ2) is 10.2. The molecule has 2 saturated heterocycles. The molecular weight excluding hydrogens is 524 g/mol. The van der Waals surface area contributed by atoms with Gasteiger partial charge in [-0.3, -0.25) is 14.6 Å². The van der Waals surface area contributed by atoms with Gasteiger partial charge in [-0.15, -0.1) is 0 Å². The molecule has 5 heterocycles. The van der Waals surface area contributed by atoms with Crippen molar-refractivity contribution in [1.82, 2.24) is 20.1 Å². The van der Waals surface area contributed by atoms with Crippen LogP contribution in [0.1, 0.15) is 34.5 Å². The van der Waals surface area contributed by atoms with Gasteiger partial charge < -0.3 is 33.6 Å². The summed E-state index contributed by atoms with van der Waals surface area (Å²) in [6.07, 6.45) is 2.79. The molecule has 13 heteroatoms. The van der Waals surface area contributed by atoms with Gasteiger partial charge in [-0.25, -0.2) is 14.5 Å². The van der Waals surface area contributed by atoms with Gasteiger partial charge in [-0.05, 0) is 29.8 Å². The maximum Gasteiger partial charge on any atom is 0.510 e. The van der Waals surface area contributed by atoms with E-state index in [0.717, 1.165) is 10.5 Å². The number of aromatic nitrogens is 1. The number of hydrogen-bond donors (Lipinski definition) is 1. The topological polar surface area (TPSA) is 150 Å². The molecule has 0 unspecified atom stereocenters. The Bertz CT molecular complexity index is 1470. The van der Waals surface area contributed by atoms with E-state index in [4.69, 9.17) is 23.4 Å². The normalized spacial score (nSPS) is 21.1. The average molecular weight is 551 g/mol. The standard InChI is InChI=1S/C27H26N4O9/c1-36-19-3-2-16-13-30(23(32)20(16)11-19)14-27(22-10-17-12-28-7-4-21(17)40-22)24(33)31(25(34)29-27)15-38-26(35)39-18-5-8-37-9-6-18/h2-4,7,10-12,18H,5-6,8-9,13-15H2,1H3,(H,29,34)/t27-/m0/s1. The van der Waals surface area contributed by atoms with Crippen molar-refractivity contribution in [3.8, 4) is 5.75 Å². The molecule has 2 aromatic heterocycles. The largest absolute Gasteiger partial charge is 0.510 e. The van der Waals surface area contributed by atoms with Gasteiger partial charge in [-0.2, -0.15) is 0 Å². The fourth-order valence-corrected chi connectivity index (χ4v) is 5.15. The highest BCUT2D eigenvalue weighted by Crippen LogP contribution is 2.37. The van der Waals surface area contributed by atoms with Crippen LogP contribution < -0.4 is 10.1 Å². The summed E-state index contributed by atoms with van der Waals surface area (Å²) < 4.78 is 26.9. The average Bonchev–Trinajstić information content (AvgIpc) is 3.60. The van der Waals surface area contributed by atoms with E-state index in [0.29, 0.717) is 48.3 Å². The number of rotatable bonds is 7. The molecule has 13 nitrogen and oxygen atoms in total. The van der Waals surface area contributed by atoms with Crippen molar-refractivity contribution in [2.45, 2.75) is 31.0 Å². The molecule has 208 valence electrons. The molecule has 0 aliphatic carbocycles. The van der Waals surface area contributed by atoms with Crippen molar-refractivity contribution >= 4 is 35.0 Å². The summed E-state index contributed by atoms with van der Waals surface area (Å²) in [7, 11) is 1.51. The number of urea groups is 1. The van der Waals surface area contributed by atoms with E-state index in [1.807, 2.05) is 0 Å². The van der Waals surface area contributed by atoms with Gasteiger partial charge in [0.25, 0.3) is 11.8 Å². The first kappa shape index (κ1) is 25.6. The number of amides is 4. The second-order valence-electron chi connectivity index (χ2n) is 9.73. The van der Waals surface area contributed by atoms with Crippen molar-refractivity contribution in [1.29, 1.82) is 0 Å². The van der Waals surface area contributed by atoms with E-state index in [2.05, 4.69) is 10.3 Å². The maximum absolute atomic E-state index is 13.9.